The summed E-state index contributed by atoms with van der Waals surface area (Å²) in [5.41, 5.74) is 0.434. The third-order valence-corrected chi connectivity index (χ3v) is 14.6. The Morgan fingerprint density at radius 1 is 0.727 bits per heavy atom. The molecule has 2 N–H and O–H groups in total. The smallest absolute Gasteiger partial charge is 0.445 e. The molecule has 0 spiro atoms. The molecule has 2 aromatic rings. The Morgan fingerprint density at radius 2 is 1.21 bits per heavy atom. The third kappa shape index (κ3) is 10.3. The highest BCUT2D eigenvalue weighted by Gasteiger charge is 2.95. The van der Waals surface area contributed by atoms with E-state index in [1.165, 1.54) is 51.1 Å². The number of hydrogen-bond donors (Lipinski definition) is 2. The molecular formula is C36H35Cl3F17NO8Si. The second kappa shape index (κ2) is 18.9. The van der Waals surface area contributed by atoms with Crippen LogP contribution in [0.4, 0.5) is 79.4 Å². The minimum absolute atomic E-state index is 0.171. The number of nitrogens with one attached hydrogen (secondary N) is 1. The van der Waals surface area contributed by atoms with Crippen LogP contribution in [0.1, 0.15) is 39.0 Å². The van der Waals surface area contributed by atoms with Gasteiger partial charge in [0, 0.05) is 23.6 Å². The van der Waals surface area contributed by atoms with Gasteiger partial charge in [-0.05, 0) is 5.19 Å². The Kier molecular flexibility index (Phi) is 16.1. The van der Waals surface area contributed by atoms with Gasteiger partial charge in [-0.2, -0.15) is 74.6 Å². The molecule has 2 unspecified atom stereocenters. The van der Waals surface area contributed by atoms with Crippen molar-refractivity contribution < 1.29 is 112 Å². The number of aliphatic hydroxyl groups is 1. The van der Waals surface area contributed by atoms with Crippen molar-refractivity contribution in [2.45, 2.75) is 121 Å². The number of halogens is 20. The molecule has 2 fully saturated rings. The molecule has 0 saturated carbocycles. The van der Waals surface area contributed by atoms with Crippen molar-refractivity contribution in [1.82, 2.24) is 5.32 Å². The molecule has 4 rings (SSSR count). The van der Waals surface area contributed by atoms with Crippen molar-refractivity contribution in [2.24, 2.45) is 0 Å². The lowest BCUT2D eigenvalue weighted by Gasteiger charge is -2.51. The fraction of sp³-hybridized carbons (Fsp3) is 0.639. The molecule has 0 aromatic heterocycles. The maximum Gasteiger partial charge on any atom is 0.460 e. The first-order valence-corrected chi connectivity index (χ1v) is 21.4. The zero-order valence-corrected chi connectivity index (χ0v) is 36.7. The van der Waals surface area contributed by atoms with Crippen LogP contribution in [-0.4, -0.2) is 122 Å². The van der Waals surface area contributed by atoms with Crippen molar-refractivity contribution in [3.63, 3.8) is 0 Å². The molecule has 376 valence electrons. The van der Waals surface area contributed by atoms with Crippen LogP contribution in [0.5, 0.6) is 0 Å². The molecule has 9 nitrogen and oxygen atoms in total. The number of fused-ring (bicyclic) bond motifs is 1. The predicted molar refractivity (Wildman–Crippen MR) is 197 cm³/mol. The summed E-state index contributed by atoms with van der Waals surface area (Å²) in [5.74, 6) is -57.8. The van der Waals surface area contributed by atoms with Gasteiger partial charge >= 0.3 is 62.3 Å². The highest BCUT2D eigenvalue weighted by molar-refractivity contribution is 6.83. The molecule has 2 aliphatic heterocycles. The number of alkyl carbamates (subject to hydrolysis) is 1. The van der Waals surface area contributed by atoms with E-state index in [-0.39, 0.29) is 5.19 Å². The van der Waals surface area contributed by atoms with E-state index in [0.29, 0.717) is 5.56 Å². The van der Waals surface area contributed by atoms with E-state index in [0.717, 1.165) is 0 Å². The van der Waals surface area contributed by atoms with Crippen LogP contribution in [0, 0.1) is 0 Å². The van der Waals surface area contributed by atoms with E-state index in [2.05, 4.69) is 5.32 Å². The monoisotopic (exact) mass is 1070 g/mol. The van der Waals surface area contributed by atoms with Crippen LogP contribution in [0.15, 0.2) is 60.7 Å². The Labute approximate surface area is 378 Å². The lowest BCUT2D eigenvalue weighted by atomic mass is 9.88. The summed E-state index contributed by atoms with van der Waals surface area (Å²) in [6, 6.07) is 12.4. The van der Waals surface area contributed by atoms with Gasteiger partial charge in [0.1, 0.15) is 31.0 Å². The fourth-order valence-corrected chi connectivity index (χ4v) is 10.2. The van der Waals surface area contributed by atoms with Gasteiger partial charge in [-0.25, -0.2) is 4.79 Å². The SMILES string of the molecule is CC(C)(C)[Si](OCCC(F)(F)C(F)(F)C(F)(F)C(F)(F)C(F)(F)C(F)(F)C(F)(F)C(F)(F)F)(O[C@@H]1O[C@@H]2COC(c3ccccc3)O[C@H]2[C@H](O)[C@H]1NC(=O)OCC(Cl)(Cl)Cl)c1ccccc1. The molecule has 0 radical (unpaired) electrons. The van der Waals surface area contributed by atoms with E-state index in [9.17, 15) is 75.8 Å². The van der Waals surface area contributed by atoms with Gasteiger partial charge < -0.3 is 38.2 Å². The lowest BCUT2D eigenvalue weighted by Crippen LogP contribution is -2.74. The fourth-order valence-electron chi connectivity index (χ4n) is 6.46. The van der Waals surface area contributed by atoms with Crippen molar-refractivity contribution in [1.29, 1.82) is 0 Å². The largest absolute Gasteiger partial charge is 0.460 e. The first-order valence-electron chi connectivity index (χ1n) is 18.5. The number of amides is 1. The average molecular weight is 1070 g/mol. The summed E-state index contributed by atoms with van der Waals surface area (Å²) in [4.78, 5) is 13.0. The Morgan fingerprint density at radius 3 is 1.70 bits per heavy atom. The molecule has 1 amide bonds. The average Bonchev–Trinajstić information content (AvgIpc) is 3.20. The Bertz CT molecular complexity index is 1970. The first kappa shape index (κ1) is 56.0. The molecule has 2 saturated heterocycles. The second-order valence-corrected chi connectivity index (χ2v) is 22.0. The van der Waals surface area contributed by atoms with Crippen LogP contribution in [-0.2, 0) is 27.8 Å². The molecule has 0 bridgehead atoms. The topological polar surface area (TPSA) is 105 Å². The molecule has 2 aliphatic rings. The Hall–Kier alpha value is -2.63. The van der Waals surface area contributed by atoms with Gasteiger partial charge in [0.05, 0.1) is 6.61 Å². The number of ether oxygens (including phenoxy) is 4. The van der Waals surface area contributed by atoms with Crippen molar-refractivity contribution in [2.75, 3.05) is 19.8 Å². The van der Waals surface area contributed by atoms with E-state index < -0.39 is 134 Å². The summed E-state index contributed by atoms with van der Waals surface area (Å²) in [6.07, 6.45) is -20.2. The first-order chi connectivity index (χ1) is 29.7. The summed E-state index contributed by atoms with van der Waals surface area (Å²) in [7, 11) is -4.99. The van der Waals surface area contributed by atoms with E-state index in [1.807, 2.05) is 0 Å². The summed E-state index contributed by atoms with van der Waals surface area (Å²) >= 11 is 16.9. The van der Waals surface area contributed by atoms with Gasteiger partial charge in [-0.1, -0.05) is 116 Å². The minimum atomic E-state index is -8.80. The minimum Gasteiger partial charge on any atom is -0.445 e. The summed E-state index contributed by atoms with van der Waals surface area (Å²) < 4.78 is 271. The predicted octanol–water partition coefficient (Wildman–Crippen LogP) is 10.2. The van der Waals surface area contributed by atoms with Gasteiger partial charge in [-0.15, -0.1) is 0 Å². The molecule has 30 heteroatoms. The van der Waals surface area contributed by atoms with Crippen LogP contribution in [0.2, 0.25) is 5.04 Å². The molecular weight excluding hydrogens is 1030 g/mol. The van der Waals surface area contributed by atoms with Crippen LogP contribution in [0.25, 0.3) is 0 Å². The highest BCUT2D eigenvalue weighted by atomic mass is 35.6. The molecule has 2 aromatic carbocycles. The number of benzene rings is 2. The van der Waals surface area contributed by atoms with Crippen LogP contribution < -0.4 is 10.5 Å². The maximum absolute atomic E-state index is 15.2. The zero-order chi connectivity index (χ0) is 50.5. The quantitative estimate of drug-likeness (QED) is 0.0974. The zero-order valence-electron chi connectivity index (χ0n) is 33.4. The molecule has 7 atom stereocenters. The van der Waals surface area contributed by atoms with Crippen LogP contribution in [0.3, 0.4) is 0 Å². The molecule has 2 heterocycles. The number of carbonyl (C=O) groups excluding carboxylic acids is 1. The highest BCUT2D eigenvalue weighted by Crippen LogP contribution is 2.64. The number of rotatable bonds is 16. The van der Waals surface area contributed by atoms with Crippen molar-refractivity contribution >= 4 is 54.6 Å². The normalized spacial score (nSPS) is 24.3. The standard InChI is InChI=1S/C36H35Cl3F17NO8Si/c1-27(2,3)66(19-12-8-5-9-13-19,62-15-14-28(40,41)30(42,43)31(44,45)32(46,47)33(48,49)34(50,51)35(52,53)36(54,55)56)65-25-21(57-26(59)61-17-29(37,38)39)22(58)23-20(63-25)16-60-24(64-23)18-10-6-4-7-11-18/h4-13,20-25,58H,14-17H2,1-3H3,(H,57,59)/t20-,21-,22-,23-,24?,25+,66?/m1/s1. The van der Waals surface area contributed by atoms with E-state index >= 15 is 8.78 Å². The Balaban J connectivity index is 1.73. The van der Waals surface area contributed by atoms with Crippen molar-refractivity contribution in [3.8, 4) is 0 Å². The van der Waals surface area contributed by atoms with Crippen LogP contribution >= 0.6 is 34.8 Å². The second-order valence-electron chi connectivity index (χ2n) is 15.7. The van der Waals surface area contributed by atoms with Gasteiger partial charge in [0.15, 0.2) is 12.6 Å². The molecule has 66 heavy (non-hydrogen) atoms. The lowest BCUT2D eigenvalue weighted by molar-refractivity contribution is -0.461. The van der Waals surface area contributed by atoms with Gasteiger partial charge in [0.25, 0.3) is 0 Å². The number of hydrogen-bond acceptors (Lipinski definition) is 8. The number of carbonyl (C=O) groups is 1. The van der Waals surface area contributed by atoms with Gasteiger partial charge in [-0.3, -0.25) is 0 Å². The van der Waals surface area contributed by atoms with Crippen molar-refractivity contribution in [3.05, 3.63) is 66.2 Å². The number of aliphatic hydroxyl groups excluding tert-OH is 1. The summed E-state index contributed by atoms with van der Waals surface area (Å²) in [6.45, 7) is 0.387. The maximum atomic E-state index is 15.2. The van der Waals surface area contributed by atoms with E-state index in [1.54, 1.807) is 30.3 Å². The third-order valence-electron chi connectivity index (χ3n) is 10.0. The molecule has 0 aliphatic carbocycles. The van der Waals surface area contributed by atoms with E-state index in [4.69, 9.17) is 62.6 Å². The summed E-state index contributed by atoms with van der Waals surface area (Å²) in [5, 5.41) is 12.1. The number of alkyl halides is 20. The van der Waals surface area contributed by atoms with Gasteiger partial charge in [0.2, 0.25) is 3.79 Å².